The molecule has 0 saturated heterocycles. The summed E-state index contributed by atoms with van der Waals surface area (Å²) in [7, 11) is 0. The second kappa shape index (κ2) is 27.9. The van der Waals surface area contributed by atoms with Gasteiger partial charge in [0.05, 0.1) is 52.9 Å². The van der Waals surface area contributed by atoms with Crippen LogP contribution in [0.1, 0.15) is 0 Å². The molecule has 0 atom stereocenters. The smallest absolute Gasteiger partial charge is 0.0701 e. The van der Waals surface area contributed by atoms with E-state index >= 15 is 0 Å². The summed E-state index contributed by atoms with van der Waals surface area (Å²) in [6.07, 6.45) is 0. The molecule has 10 N–H and O–H groups in total. The van der Waals surface area contributed by atoms with Crippen molar-refractivity contribution in [1.29, 1.82) is 0 Å². The topological polar surface area (TPSA) is 172 Å². The Balaban J connectivity index is -0.000000295. The van der Waals surface area contributed by atoms with Gasteiger partial charge in [-0.15, -0.1) is 0 Å². The Bertz CT molecular complexity index is 126. The van der Waals surface area contributed by atoms with Crippen molar-refractivity contribution < 1.29 is 24.4 Å². The Morgan fingerprint density at radius 1 is 0.381 bits per heavy atom. The maximum absolute atomic E-state index is 5.18. The van der Waals surface area contributed by atoms with Gasteiger partial charge in [0.15, 0.2) is 0 Å². The van der Waals surface area contributed by atoms with E-state index in [2.05, 4.69) is 0 Å². The van der Waals surface area contributed by atoms with Gasteiger partial charge in [-0.2, -0.15) is 0 Å². The summed E-state index contributed by atoms with van der Waals surface area (Å²) in [6.45, 7) is 7.11. The van der Waals surface area contributed by atoms with E-state index in [4.69, 9.17) is 41.9 Å². The van der Waals surface area contributed by atoms with Crippen molar-refractivity contribution in [1.82, 2.24) is 0 Å². The van der Waals surface area contributed by atoms with Crippen LogP contribution in [0, 0.1) is 0 Å². The molecule has 0 aliphatic rings. The monoisotopic (exact) mass is 314 g/mol. The maximum Gasteiger partial charge on any atom is 0.0701 e. The fourth-order valence-corrected chi connectivity index (χ4v) is 0.977. The Morgan fingerprint density at radius 2 is 0.571 bits per heavy atom. The van der Waals surface area contributed by atoms with Crippen molar-refractivity contribution in [2.24, 2.45) is 22.9 Å². The molecule has 0 aromatic carbocycles. The Labute approximate surface area is 127 Å². The van der Waals surface area contributed by atoms with E-state index in [0.29, 0.717) is 79.0 Å². The second-order valence-electron chi connectivity index (χ2n) is 3.60. The van der Waals surface area contributed by atoms with Crippen LogP contribution in [0.5, 0.6) is 0 Å². The average molecular weight is 314 g/mol. The molecule has 0 heterocycles. The third kappa shape index (κ3) is 32.8. The van der Waals surface area contributed by atoms with Crippen LogP contribution in [0.4, 0.5) is 0 Å². The summed E-state index contributed by atoms with van der Waals surface area (Å²) in [6, 6.07) is 0. The highest BCUT2D eigenvalue weighted by Gasteiger charge is 1.86. The summed E-state index contributed by atoms with van der Waals surface area (Å²) < 4.78 is 20.2. The first-order chi connectivity index (χ1) is 9.83. The zero-order chi connectivity index (χ0) is 15.3. The van der Waals surface area contributed by atoms with Gasteiger partial charge in [-0.25, -0.2) is 0 Å². The standard InChI is InChI=1S/2C6H16N2O2.H2O/c2*7-1-3-9-5-6-10-4-2-8;/h2*1-8H2;1H2. The molecule has 132 valence electrons. The highest BCUT2D eigenvalue weighted by Crippen LogP contribution is 1.76. The molecular formula is C12H34N4O5. The lowest BCUT2D eigenvalue weighted by Crippen LogP contribution is -2.14. The van der Waals surface area contributed by atoms with Crippen LogP contribution in [-0.4, -0.2) is 84.5 Å². The van der Waals surface area contributed by atoms with E-state index in [-0.39, 0.29) is 5.48 Å². The Hall–Kier alpha value is -0.360. The highest BCUT2D eigenvalue weighted by molar-refractivity contribution is 4.35. The van der Waals surface area contributed by atoms with Crippen LogP contribution < -0.4 is 22.9 Å². The summed E-state index contributed by atoms with van der Waals surface area (Å²) in [5, 5.41) is 0. The minimum atomic E-state index is 0. The van der Waals surface area contributed by atoms with Gasteiger partial charge in [-0.3, -0.25) is 0 Å². The summed E-state index contributed by atoms with van der Waals surface area (Å²) in [5.41, 5.74) is 20.7. The van der Waals surface area contributed by atoms with E-state index in [1.807, 2.05) is 0 Å². The number of nitrogens with two attached hydrogens (primary N) is 4. The largest absolute Gasteiger partial charge is 0.412 e. The lowest BCUT2D eigenvalue weighted by molar-refractivity contribution is 0.0538. The zero-order valence-corrected chi connectivity index (χ0v) is 12.9. The first-order valence-electron chi connectivity index (χ1n) is 6.94. The molecule has 0 fully saturated rings. The van der Waals surface area contributed by atoms with Crippen molar-refractivity contribution in [3.63, 3.8) is 0 Å². The molecule has 0 spiro atoms. The number of rotatable bonds is 14. The predicted octanol–water partition coefficient (Wildman–Crippen LogP) is -2.95. The van der Waals surface area contributed by atoms with E-state index < -0.39 is 0 Å². The number of hydrogen-bond donors (Lipinski definition) is 4. The van der Waals surface area contributed by atoms with E-state index in [1.54, 1.807) is 0 Å². The molecular weight excluding hydrogens is 280 g/mol. The average Bonchev–Trinajstić information content (AvgIpc) is 2.47. The quantitative estimate of drug-likeness (QED) is 0.246. The molecule has 0 unspecified atom stereocenters. The number of hydrogen-bond acceptors (Lipinski definition) is 8. The third-order valence-electron chi connectivity index (χ3n) is 1.79. The molecule has 0 aliphatic carbocycles. The molecule has 9 nitrogen and oxygen atoms in total. The van der Waals surface area contributed by atoms with E-state index in [0.717, 1.165) is 0 Å². The van der Waals surface area contributed by atoms with Gasteiger partial charge in [0.25, 0.3) is 0 Å². The molecule has 0 aromatic rings. The van der Waals surface area contributed by atoms with Gasteiger partial charge in [0.2, 0.25) is 0 Å². The highest BCUT2D eigenvalue weighted by atomic mass is 16.5. The van der Waals surface area contributed by atoms with Crippen molar-refractivity contribution in [3.05, 3.63) is 0 Å². The lowest BCUT2D eigenvalue weighted by atomic mass is 10.7. The normalized spacial score (nSPS) is 9.71. The fourth-order valence-electron chi connectivity index (χ4n) is 0.977. The third-order valence-corrected chi connectivity index (χ3v) is 1.79. The Kier molecular flexibility index (Phi) is 34.0. The molecule has 0 saturated carbocycles. The van der Waals surface area contributed by atoms with Gasteiger partial charge in [0.1, 0.15) is 0 Å². The van der Waals surface area contributed by atoms with Crippen LogP contribution in [0.2, 0.25) is 0 Å². The van der Waals surface area contributed by atoms with Crippen LogP contribution in [0.15, 0.2) is 0 Å². The van der Waals surface area contributed by atoms with Crippen molar-refractivity contribution in [2.75, 3.05) is 79.0 Å². The van der Waals surface area contributed by atoms with Gasteiger partial charge < -0.3 is 47.4 Å². The summed E-state index contributed by atoms with van der Waals surface area (Å²) in [5.74, 6) is 0. The first kappa shape index (κ1) is 25.6. The lowest BCUT2D eigenvalue weighted by Gasteiger charge is -2.02. The minimum absolute atomic E-state index is 0. The zero-order valence-electron chi connectivity index (χ0n) is 12.9. The van der Waals surface area contributed by atoms with Crippen molar-refractivity contribution in [2.45, 2.75) is 0 Å². The molecule has 9 heteroatoms. The predicted molar refractivity (Wildman–Crippen MR) is 83.1 cm³/mol. The van der Waals surface area contributed by atoms with Gasteiger partial charge in [0, 0.05) is 26.2 Å². The summed E-state index contributed by atoms with van der Waals surface area (Å²) >= 11 is 0. The van der Waals surface area contributed by atoms with Crippen LogP contribution in [0.25, 0.3) is 0 Å². The molecule has 21 heavy (non-hydrogen) atoms. The molecule has 0 bridgehead atoms. The van der Waals surface area contributed by atoms with E-state index in [9.17, 15) is 0 Å². The van der Waals surface area contributed by atoms with Crippen LogP contribution in [-0.2, 0) is 18.9 Å². The van der Waals surface area contributed by atoms with Crippen molar-refractivity contribution in [3.8, 4) is 0 Å². The Morgan fingerprint density at radius 3 is 0.714 bits per heavy atom. The molecule has 0 amide bonds. The molecule has 0 aliphatic heterocycles. The van der Waals surface area contributed by atoms with E-state index in [1.165, 1.54) is 0 Å². The second-order valence-corrected chi connectivity index (χ2v) is 3.60. The SMILES string of the molecule is NCCOCCOCCN.NCCOCCOCCN.O. The van der Waals surface area contributed by atoms with Gasteiger partial charge in [-0.05, 0) is 0 Å². The van der Waals surface area contributed by atoms with Crippen LogP contribution in [0.3, 0.4) is 0 Å². The van der Waals surface area contributed by atoms with Gasteiger partial charge in [-0.1, -0.05) is 0 Å². The van der Waals surface area contributed by atoms with Crippen LogP contribution >= 0.6 is 0 Å². The fraction of sp³-hybridized carbons (Fsp3) is 1.00. The first-order valence-corrected chi connectivity index (χ1v) is 6.94. The number of ether oxygens (including phenoxy) is 4. The maximum atomic E-state index is 5.18. The molecule has 0 aromatic heterocycles. The minimum Gasteiger partial charge on any atom is -0.412 e. The molecule has 0 radical (unpaired) electrons. The van der Waals surface area contributed by atoms with Crippen molar-refractivity contribution >= 4 is 0 Å². The van der Waals surface area contributed by atoms with Gasteiger partial charge >= 0.3 is 0 Å². The molecule has 0 rings (SSSR count). The summed E-state index contributed by atoms with van der Waals surface area (Å²) in [4.78, 5) is 0.